The van der Waals surface area contributed by atoms with Gasteiger partial charge in [0.2, 0.25) is 11.8 Å². The minimum atomic E-state index is -1.92. The minimum Gasteiger partial charge on any atom is -0.503 e. The Morgan fingerprint density at radius 1 is 1.00 bits per heavy atom. The van der Waals surface area contributed by atoms with Crippen LogP contribution in [0.15, 0.2) is 26.7 Å². The van der Waals surface area contributed by atoms with E-state index in [1.807, 2.05) is 6.08 Å². The number of ether oxygens (including phenoxy) is 1. The van der Waals surface area contributed by atoms with Crippen molar-refractivity contribution in [2.45, 2.75) is 66.7 Å². The summed E-state index contributed by atoms with van der Waals surface area (Å²) >= 11 is 21.4. The molecule has 40 heavy (non-hydrogen) atoms. The zero-order valence-corrected chi connectivity index (χ0v) is 26.6. The molecule has 4 fully saturated rings. The van der Waals surface area contributed by atoms with Crippen LogP contribution in [0.25, 0.3) is 0 Å². The number of likely N-dealkylation sites (tertiary alicyclic amines) is 2. The fraction of sp³-hybridized carbons (Fsp3) is 0.571. The number of halogens is 4. The Morgan fingerprint density at radius 3 is 2.33 bits per heavy atom. The molecule has 1 N–H and O–H groups in total. The van der Waals surface area contributed by atoms with Gasteiger partial charge in [-0.1, -0.05) is 30.9 Å². The molecule has 6 rings (SSSR count). The first-order valence-corrected chi connectivity index (χ1v) is 15.8. The molecular formula is C28H28Br2Cl2N2O6. The lowest BCUT2D eigenvalue weighted by atomic mass is 9.56. The average molecular weight is 719 g/mol. The molecule has 12 heteroatoms. The van der Waals surface area contributed by atoms with Gasteiger partial charge in [-0.25, -0.2) is 0 Å². The Labute approximate surface area is 258 Å². The van der Waals surface area contributed by atoms with Gasteiger partial charge in [0.25, 0.3) is 11.8 Å². The van der Waals surface area contributed by atoms with Crippen LogP contribution < -0.4 is 4.74 Å². The summed E-state index contributed by atoms with van der Waals surface area (Å²) in [6, 6.07) is 1.45. The molecule has 2 aliphatic heterocycles. The second-order valence-corrected chi connectivity index (χ2v) is 14.3. The SMILES string of the molecule is COc1cc([C@H]2C3=CC[C@@H]4C(=O)N(C5CCCCC5)C(=O)[C@@H]4[C@@H]3C[C@@]3(Cl)C(=O)N(C)C(=O)[C@@]23Cl)c(Br)c(Br)c1O. The van der Waals surface area contributed by atoms with Crippen LogP contribution in [0, 0.1) is 17.8 Å². The van der Waals surface area contributed by atoms with Gasteiger partial charge in [-0.05, 0) is 75.1 Å². The maximum absolute atomic E-state index is 14.1. The maximum atomic E-state index is 14.1. The number of benzene rings is 1. The van der Waals surface area contributed by atoms with E-state index >= 15 is 0 Å². The smallest absolute Gasteiger partial charge is 0.253 e. The van der Waals surface area contributed by atoms with Crippen molar-refractivity contribution in [2.24, 2.45) is 17.8 Å². The highest BCUT2D eigenvalue weighted by molar-refractivity contribution is 9.13. The van der Waals surface area contributed by atoms with Gasteiger partial charge in [0, 0.05) is 23.5 Å². The monoisotopic (exact) mass is 716 g/mol. The van der Waals surface area contributed by atoms with Gasteiger partial charge in [-0.2, -0.15) is 0 Å². The molecule has 5 aliphatic rings. The number of amides is 4. The Hall–Kier alpha value is -1.62. The molecule has 0 bridgehead atoms. The topological polar surface area (TPSA) is 104 Å². The standard InChI is InChI=1S/C28H28Br2Cl2N2O6/c1-33-25(38)27(31)11-16-13(8-9-14-18(16)24(37)34(23(14)36)12-6-4-3-5-7-12)19(28(27,32)26(33)39)15-10-17(40-2)22(35)21(30)20(15)29/h8,10,12,14,16,18-19,35H,3-7,9,11H2,1-2H3/t14-,16+,18-,19+,27+,28-/m0/s1. The van der Waals surface area contributed by atoms with Crippen molar-refractivity contribution in [3.05, 3.63) is 32.2 Å². The number of phenolic OH excluding ortho intramolecular Hbond substituents is 1. The van der Waals surface area contributed by atoms with E-state index in [4.69, 9.17) is 27.9 Å². The van der Waals surface area contributed by atoms with Gasteiger partial charge < -0.3 is 9.84 Å². The number of nitrogens with zero attached hydrogens (tertiary/aromatic N) is 2. The number of carbonyl (C=O) groups is 4. The second-order valence-electron chi connectivity index (χ2n) is 11.5. The van der Waals surface area contributed by atoms with Gasteiger partial charge in [0.05, 0.1) is 23.4 Å². The van der Waals surface area contributed by atoms with E-state index in [1.165, 1.54) is 19.1 Å². The van der Waals surface area contributed by atoms with Gasteiger partial charge in [-0.15, -0.1) is 23.2 Å². The predicted octanol–water partition coefficient (Wildman–Crippen LogP) is 5.25. The Morgan fingerprint density at radius 2 is 1.68 bits per heavy atom. The predicted molar refractivity (Wildman–Crippen MR) is 154 cm³/mol. The van der Waals surface area contributed by atoms with Crippen molar-refractivity contribution in [3.63, 3.8) is 0 Å². The molecular weight excluding hydrogens is 691 g/mol. The molecule has 0 aromatic heterocycles. The van der Waals surface area contributed by atoms with E-state index in [-0.39, 0.29) is 40.2 Å². The van der Waals surface area contributed by atoms with E-state index < -0.39 is 45.2 Å². The molecule has 1 aromatic rings. The molecule has 2 saturated carbocycles. The first kappa shape index (κ1) is 28.5. The van der Waals surface area contributed by atoms with Crippen molar-refractivity contribution in [2.75, 3.05) is 14.2 Å². The first-order valence-electron chi connectivity index (χ1n) is 13.4. The molecule has 4 amide bonds. The van der Waals surface area contributed by atoms with Crippen molar-refractivity contribution in [1.29, 1.82) is 0 Å². The Bertz CT molecular complexity index is 1400. The van der Waals surface area contributed by atoms with Crippen molar-refractivity contribution >= 4 is 78.7 Å². The number of hydrogen-bond acceptors (Lipinski definition) is 6. The lowest BCUT2D eigenvalue weighted by molar-refractivity contribution is -0.144. The highest BCUT2D eigenvalue weighted by atomic mass is 79.9. The minimum absolute atomic E-state index is 0.0536. The summed E-state index contributed by atoms with van der Waals surface area (Å²) in [5.74, 6) is -4.52. The summed E-state index contributed by atoms with van der Waals surface area (Å²) in [7, 11) is 2.75. The van der Waals surface area contributed by atoms with Gasteiger partial charge in [-0.3, -0.25) is 29.0 Å². The van der Waals surface area contributed by atoms with E-state index in [0.29, 0.717) is 22.0 Å². The number of rotatable bonds is 3. The molecule has 2 saturated heterocycles. The molecule has 214 valence electrons. The summed E-state index contributed by atoms with van der Waals surface area (Å²) in [5.41, 5.74) is 1.16. The fourth-order valence-corrected chi connectivity index (χ4v) is 9.76. The number of allylic oxidation sites excluding steroid dienone is 2. The summed E-state index contributed by atoms with van der Waals surface area (Å²) in [4.78, 5) is 53.8. The fourth-order valence-electron chi connectivity index (χ4n) is 7.79. The van der Waals surface area contributed by atoms with Crippen molar-refractivity contribution < 1.29 is 29.0 Å². The number of hydrogen-bond donors (Lipinski definition) is 1. The highest BCUT2D eigenvalue weighted by Gasteiger charge is 2.76. The molecule has 8 nitrogen and oxygen atoms in total. The van der Waals surface area contributed by atoms with Gasteiger partial charge in [0.1, 0.15) is 0 Å². The third-order valence-corrected chi connectivity index (χ3v) is 13.3. The highest BCUT2D eigenvalue weighted by Crippen LogP contribution is 2.66. The van der Waals surface area contributed by atoms with Crippen LogP contribution in [0.1, 0.15) is 56.4 Å². The van der Waals surface area contributed by atoms with Crippen LogP contribution in [-0.2, 0) is 19.2 Å². The third kappa shape index (κ3) is 3.54. The Kier molecular flexibility index (Phi) is 6.92. The summed E-state index contributed by atoms with van der Waals surface area (Å²) in [5, 5.41) is 10.6. The average Bonchev–Trinajstić information content (AvgIpc) is 3.28. The van der Waals surface area contributed by atoms with Crippen LogP contribution >= 0.6 is 55.1 Å². The zero-order valence-electron chi connectivity index (χ0n) is 21.9. The quantitative estimate of drug-likeness (QED) is 0.260. The number of imide groups is 2. The van der Waals surface area contributed by atoms with E-state index in [1.54, 1.807) is 6.07 Å². The second kappa shape index (κ2) is 9.71. The number of alkyl halides is 2. The number of methoxy groups -OCH3 is 1. The maximum Gasteiger partial charge on any atom is 0.253 e. The summed E-state index contributed by atoms with van der Waals surface area (Å²) < 4.78 is 6.09. The molecule has 0 unspecified atom stereocenters. The Balaban J connectivity index is 1.54. The normalized spacial score (nSPS) is 36.0. The van der Waals surface area contributed by atoms with E-state index in [9.17, 15) is 24.3 Å². The molecule has 0 spiro atoms. The largest absolute Gasteiger partial charge is 0.503 e. The third-order valence-electron chi connectivity index (χ3n) is 9.69. The molecule has 2 heterocycles. The lowest BCUT2D eigenvalue weighted by Gasteiger charge is -2.51. The lowest BCUT2D eigenvalue weighted by Crippen LogP contribution is -2.60. The molecule has 6 atom stereocenters. The summed E-state index contributed by atoms with van der Waals surface area (Å²) in [6.45, 7) is 0. The van der Waals surface area contributed by atoms with Crippen LogP contribution in [0.4, 0.5) is 0 Å². The van der Waals surface area contributed by atoms with Crippen molar-refractivity contribution in [1.82, 2.24) is 9.80 Å². The number of phenols is 1. The van der Waals surface area contributed by atoms with Crippen LogP contribution in [0.3, 0.4) is 0 Å². The van der Waals surface area contributed by atoms with E-state index in [2.05, 4.69) is 31.9 Å². The van der Waals surface area contributed by atoms with Crippen LogP contribution in [-0.4, -0.2) is 68.5 Å². The molecule has 3 aliphatic carbocycles. The van der Waals surface area contributed by atoms with Crippen LogP contribution in [0.2, 0.25) is 0 Å². The van der Waals surface area contributed by atoms with Crippen LogP contribution in [0.5, 0.6) is 11.5 Å². The zero-order chi connectivity index (χ0) is 28.9. The molecule has 0 radical (unpaired) electrons. The van der Waals surface area contributed by atoms with E-state index in [0.717, 1.165) is 37.0 Å². The van der Waals surface area contributed by atoms with Gasteiger partial charge >= 0.3 is 0 Å². The number of fused-ring (bicyclic) bond motifs is 4. The number of aromatic hydroxyl groups is 1. The van der Waals surface area contributed by atoms with Crippen molar-refractivity contribution in [3.8, 4) is 11.5 Å². The van der Waals surface area contributed by atoms with Gasteiger partial charge in [0.15, 0.2) is 21.2 Å². The number of carbonyl (C=O) groups excluding carboxylic acids is 4. The molecule has 1 aromatic carbocycles. The summed E-state index contributed by atoms with van der Waals surface area (Å²) in [6.07, 6.45) is 6.79. The first-order chi connectivity index (χ1) is 18.9.